The van der Waals surface area contributed by atoms with Crippen LogP contribution in [0.4, 0.5) is 0 Å². The SMILES string of the molecule is C/C=C(\C=C(\C)C(=C(C)C)S(=O)(=O)N1CCOCC1)OC. The molecule has 0 bridgehead atoms. The van der Waals surface area contributed by atoms with Crippen molar-refractivity contribution >= 4 is 10.0 Å². The van der Waals surface area contributed by atoms with Gasteiger partial charge < -0.3 is 9.47 Å². The average molecular weight is 315 g/mol. The zero-order valence-corrected chi connectivity index (χ0v) is 14.3. The summed E-state index contributed by atoms with van der Waals surface area (Å²) in [7, 11) is -1.94. The summed E-state index contributed by atoms with van der Waals surface area (Å²) in [6, 6.07) is 0. The van der Waals surface area contributed by atoms with Crippen LogP contribution in [0.5, 0.6) is 0 Å². The molecule has 0 unspecified atom stereocenters. The summed E-state index contributed by atoms with van der Waals surface area (Å²) >= 11 is 0. The van der Waals surface area contributed by atoms with Crippen LogP contribution in [-0.4, -0.2) is 46.1 Å². The molecule has 1 aliphatic heterocycles. The monoisotopic (exact) mass is 315 g/mol. The van der Waals surface area contributed by atoms with Gasteiger partial charge in [0, 0.05) is 13.1 Å². The fourth-order valence-corrected chi connectivity index (χ4v) is 4.18. The van der Waals surface area contributed by atoms with Crippen LogP contribution in [0.3, 0.4) is 0 Å². The summed E-state index contributed by atoms with van der Waals surface area (Å²) in [6.45, 7) is 8.94. The minimum Gasteiger partial charge on any atom is -0.497 e. The molecule has 5 nitrogen and oxygen atoms in total. The molecule has 0 aliphatic carbocycles. The Morgan fingerprint density at radius 3 is 2.19 bits per heavy atom. The number of ether oxygens (including phenoxy) is 2. The Morgan fingerprint density at radius 1 is 1.19 bits per heavy atom. The van der Waals surface area contributed by atoms with Gasteiger partial charge in [0.2, 0.25) is 10.0 Å². The maximum Gasteiger partial charge on any atom is 0.243 e. The molecule has 0 saturated carbocycles. The second-order valence-electron chi connectivity index (χ2n) is 5.07. The fourth-order valence-electron chi connectivity index (χ4n) is 2.31. The molecule has 0 atom stereocenters. The lowest BCUT2D eigenvalue weighted by atomic mass is 10.2. The molecule has 1 rings (SSSR count). The van der Waals surface area contributed by atoms with Crippen molar-refractivity contribution in [3.8, 4) is 0 Å². The number of rotatable bonds is 5. The number of hydrogen-bond acceptors (Lipinski definition) is 4. The quantitative estimate of drug-likeness (QED) is 0.577. The number of morpholine rings is 1. The van der Waals surface area contributed by atoms with E-state index in [2.05, 4.69) is 0 Å². The van der Waals surface area contributed by atoms with Crippen LogP contribution in [0.15, 0.2) is 34.0 Å². The maximum absolute atomic E-state index is 12.8. The van der Waals surface area contributed by atoms with Crippen LogP contribution < -0.4 is 0 Å². The number of allylic oxidation sites excluding steroid dienone is 4. The lowest BCUT2D eigenvalue weighted by Crippen LogP contribution is -2.41. The molecule has 1 saturated heterocycles. The molecular weight excluding hydrogens is 290 g/mol. The summed E-state index contributed by atoms with van der Waals surface area (Å²) in [5, 5.41) is 0. The maximum atomic E-state index is 12.8. The third kappa shape index (κ3) is 4.43. The summed E-state index contributed by atoms with van der Waals surface area (Å²) in [4.78, 5) is 0.362. The second kappa shape index (κ2) is 7.77. The van der Waals surface area contributed by atoms with Gasteiger partial charge in [0.15, 0.2) is 0 Å². The van der Waals surface area contributed by atoms with Gasteiger partial charge in [-0.1, -0.05) is 5.57 Å². The van der Waals surface area contributed by atoms with Gasteiger partial charge in [0.05, 0.1) is 25.2 Å². The van der Waals surface area contributed by atoms with E-state index in [0.29, 0.717) is 42.5 Å². The highest BCUT2D eigenvalue weighted by Crippen LogP contribution is 2.26. The topological polar surface area (TPSA) is 55.8 Å². The van der Waals surface area contributed by atoms with E-state index in [1.165, 1.54) is 4.31 Å². The van der Waals surface area contributed by atoms with Crippen molar-refractivity contribution in [2.45, 2.75) is 27.7 Å². The molecule has 21 heavy (non-hydrogen) atoms. The van der Waals surface area contributed by atoms with E-state index >= 15 is 0 Å². The van der Waals surface area contributed by atoms with Crippen molar-refractivity contribution in [2.75, 3.05) is 33.4 Å². The number of hydrogen-bond donors (Lipinski definition) is 0. The Labute approximate surface area is 128 Å². The van der Waals surface area contributed by atoms with Gasteiger partial charge in [-0.05, 0) is 45.4 Å². The Balaban J connectivity index is 3.22. The summed E-state index contributed by atoms with van der Waals surface area (Å²) in [6.07, 6.45) is 3.55. The van der Waals surface area contributed by atoms with Crippen molar-refractivity contribution in [2.24, 2.45) is 0 Å². The fraction of sp³-hybridized carbons (Fsp3) is 0.600. The van der Waals surface area contributed by atoms with Gasteiger partial charge in [0.1, 0.15) is 5.76 Å². The van der Waals surface area contributed by atoms with Crippen molar-refractivity contribution in [3.63, 3.8) is 0 Å². The van der Waals surface area contributed by atoms with Crippen LogP contribution >= 0.6 is 0 Å². The van der Waals surface area contributed by atoms with Crippen molar-refractivity contribution in [3.05, 3.63) is 34.0 Å². The lowest BCUT2D eigenvalue weighted by molar-refractivity contribution is 0.0734. The first-order valence-corrected chi connectivity index (χ1v) is 8.43. The van der Waals surface area contributed by atoms with E-state index in [1.54, 1.807) is 26.2 Å². The molecular formula is C15H25NO4S. The van der Waals surface area contributed by atoms with Crippen molar-refractivity contribution < 1.29 is 17.9 Å². The normalized spacial score (nSPS) is 18.5. The predicted molar refractivity (Wildman–Crippen MR) is 84.2 cm³/mol. The van der Waals surface area contributed by atoms with Crippen molar-refractivity contribution in [1.82, 2.24) is 4.31 Å². The molecule has 1 fully saturated rings. The van der Waals surface area contributed by atoms with Crippen LogP contribution in [0, 0.1) is 0 Å². The van der Waals surface area contributed by atoms with Gasteiger partial charge >= 0.3 is 0 Å². The smallest absolute Gasteiger partial charge is 0.243 e. The first-order chi connectivity index (χ1) is 9.84. The van der Waals surface area contributed by atoms with Crippen LogP contribution in [0.2, 0.25) is 0 Å². The van der Waals surface area contributed by atoms with E-state index < -0.39 is 10.0 Å². The second-order valence-corrected chi connectivity index (χ2v) is 6.94. The van der Waals surface area contributed by atoms with Crippen molar-refractivity contribution in [1.29, 1.82) is 0 Å². The van der Waals surface area contributed by atoms with E-state index in [4.69, 9.17) is 9.47 Å². The molecule has 0 radical (unpaired) electrons. The van der Waals surface area contributed by atoms with Crippen LogP contribution in [-0.2, 0) is 19.5 Å². The van der Waals surface area contributed by atoms with Gasteiger partial charge in [-0.15, -0.1) is 0 Å². The highest BCUT2D eigenvalue weighted by Gasteiger charge is 2.30. The summed E-state index contributed by atoms with van der Waals surface area (Å²) in [5.41, 5.74) is 1.44. The highest BCUT2D eigenvalue weighted by atomic mass is 32.2. The molecule has 0 N–H and O–H groups in total. The number of sulfonamides is 1. The molecule has 1 aliphatic rings. The summed E-state index contributed by atoms with van der Waals surface area (Å²) < 4.78 is 37.6. The zero-order chi connectivity index (χ0) is 16.0. The molecule has 120 valence electrons. The van der Waals surface area contributed by atoms with Gasteiger partial charge in [-0.3, -0.25) is 0 Å². The van der Waals surface area contributed by atoms with E-state index in [-0.39, 0.29) is 0 Å². The Morgan fingerprint density at radius 2 is 1.76 bits per heavy atom. The van der Waals surface area contributed by atoms with Gasteiger partial charge in [-0.2, -0.15) is 4.31 Å². The van der Waals surface area contributed by atoms with Crippen LogP contribution in [0.25, 0.3) is 0 Å². The first kappa shape index (κ1) is 17.9. The van der Waals surface area contributed by atoms with Gasteiger partial charge in [0.25, 0.3) is 0 Å². The predicted octanol–water partition coefficient (Wildman–Crippen LogP) is 2.44. The molecule has 0 aromatic rings. The zero-order valence-electron chi connectivity index (χ0n) is 13.5. The molecule has 6 heteroatoms. The molecule has 0 aromatic carbocycles. The van der Waals surface area contributed by atoms with Crippen LogP contribution in [0.1, 0.15) is 27.7 Å². The largest absolute Gasteiger partial charge is 0.497 e. The Bertz CT molecular complexity index is 548. The molecule has 0 aromatic heterocycles. The highest BCUT2D eigenvalue weighted by molar-refractivity contribution is 7.93. The third-order valence-electron chi connectivity index (χ3n) is 3.26. The summed E-state index contributed by atoms with van der Waals surface area (Å²) in [5.74, 6) is 0.642. The minimum atomic E-state index is -3.50. The standard InChI is InChI=1S/C15H25NO4S/c1-6-14(19-5)11-13(4)15(12(2)3)21(17,18)16-7-9-20-10-8-16/h6,11H,7-10H2,1-5H3/b13-11-,14-6+. The average Bonchev–Trinajstić information content (AvgIpc) is 2.45. The lowest BCUT2D eigenvalue weighted by Gasteiger charge is -2.28. The minimum absolute atomic E-state index is 0.362. The Kier molecular flexibility index (Phi) is 6.64. The number of methoxy groups -OCH3 is 1. The van der Waals surface area contributed by atoms with E-state index in [9.17, 15) is 8.42 Å². The molecule has 1 heterocycles. The van der Waals surface area contributed by atoms with Gasteiger partial charge in [-0.25, -0.2) is 8.42 Å². The molecule has 0 amide bonds. The number of nitrogens with zero attached hydrogens (tertiary/aromatic N) is 1. The van der Waals surface area contributed by atoms with E-state index in [0.717, 1.165) is 5.57 Å². The van der Waals surface area contributed by atoms with E-state index in [1.807, 2.05) is 20.8 Å². The third-order valence-corrected chi connectivity index (χ3v) is 5.55. The molecule has 0 spiro atoms. The first-order valence-electron chi connectivity index (χ1n) is 6.99. The Hall–Kier alpha value is -1.11.